The highest BCUT2D eigenvalue weighted by Crippen LogP contribution is 2.38. The van der Waals surface area contributed by atoms with Crippen molar-refractivity contribution < 1.29 is 19.1 Å². The number of hydrogen-bond acceptors (Lipinski definition) is 5. The highest BCUT2D eigenvalue weighted by molar-refractivity contribution is 7.21. The van der Waals surface area contributed by atoms with Crippen LogP contribution in [0.1, 0.15) is 53.3 Å². The van der Waals surface area contributed by atoms with Crippen LogP contribution >= 0.6 is 11.3 Å². The molecule has 0 N–H and O–H groups in total. The number of fused-ring (bicyclic) bond motifs is 1. The molecule has 0 saturated heterocycles. The quantitative estimate of drug-likeness (QED) is 0.552. The van der Waals surface area contributed by atoms with Gasteiger partial charge in [-0.2, -0.15) is 0 Å². The van der Waals surface area contributed by atoms with E-state index in [4.69, 9.17) is 9.47 Å². The first-order valence-electron chi connectivity index (χ1n) is 8.82. The number of hydrogen-bond donors (Lipinski definition) is 0. The molecule has 0 spiro atoms. The second kappa shape index (κ2) is 7.53. The van der Waals surface area contributed by atoms with E-state index in [0.29, 0.717) is 10.4 Å². The summed E-state index contributed by atoms with van der Waals surface area (Å²) in [5.74, 6) is -0.715. The van der Waals surface area contributed by atoms with Gasteiger partial charge in [0, 0.05) is 10.1 Å². The van der Waals surface area contributed by atoms with Crippen molar-refractivity contribution in [3.63, 3.8) is 0 Å². The normalized spacial score (nSPS) is 11.4. The maximum absolute atomic E-state index is 12.7. The lowest BCUT2D eigenvalue weighted by Crippen LogP contribution is -2.14. The third kappa shape index (κ3) is 4.03. The average Bonchev–Trinajstić information content (AvgIpc) is 3.00. The van der Waals surface area contributed by atoms with Crippen molar-refractivity contribution in [3.05, 3.63) is 64.5 Å². The number of benzene rings is 2. The largest absolute Gasteiger partial charge is 0.462 e. The predicted molar refractivity (Wildman–Crippen MR) is 108 cm³/mol. The Morgan fingerprint density at radius 1 is 0.963 bits per heavy atom. The molecule has 0 aliphatic heterocycles. The van der Waals surface area contributed by atoms with Gasteiger partial charge in [0.25, 0.3) is 0 Å². The Morgan fingerprint density at radius 2 is 1.63 bits per heavy atom. The van der Waals surface area contributed by atoms with E-state index in [-0.39, 0.29) is 17.8 Å². The molecule has 140 valence electrons. The van der Waals surface area contributed by atoms with Gasteiger partial charge in [0.05, 0.1) is 12.2 Å². The van der Waals surface area contributed by atoms with Crippen LogP contribution in [0.15, 0.2) is 48.5 Å². The first kappa shape index (κ1) is 19.1. The molecule has 0 amide bonds. The smallest absolute Gasteiger partial charge is 0.352 e. The van der Waals surface area contributed by atoms with Gasteiger partial charge in [0.15, 0.2) is 10.6 Å². The van der Waals surface area contributed by atoms with Crippen molar-refractivity contribution in [3.8, 4) is 5.75 Å². The van der Waals surface area contributed by atoms with Crippen LogP contribution in [-0.2, 0) is 10.2 Å². The summed E-state index contributed by atoms with van der Waals surface area (Å²) in [6.45, 7) is 8.35. The van der Waals surface area contributed by atoms with E-state index in [1.54, 1.807) is 19.1 Å². The Bertz CT molecular complexity index is 978. The molecule has 4 nitrogen and oxygen atoms in total. The number of thiophene rings is 1. The van der Waals surface area contributed by atoms with Crippen LogP contribution in [0.25, 0.3) is 10.1 Å². The van der Waals surface area contributed by atoms with Crippen LogP contribution in [0.2, 0.25) is 0 Å². The lowest BCUT2D eigenvalue weighted by atomic mass is 9.87. The summed E-state index contributed by atoms with van der Waals surface area (Å²) in [4.78, 5) is 25.3. The molecular formula is C22H22O4S. The zero-order valence-electron chi connectivity index (χ0n) is 15.9. The average molecular weight is 382 g/mol. The number of carbonyl (C=O) groups excluding carboxylic acids is 2. The third-order valence-electron chi connectivity index (χ3n) is 4.19. The van der Waals surface area contributed by atoms with Crippen molar-refractivity contribution in [1.29, 1.82) is 0 Å². The lowest BCUT2D eigenvalue weighted by Gasteiger charge is -2.18. The predicted octanol–water partition coefficient (Wildman–Crippen LogP) is 5.59. The molecule has 2 aromatic carbocycles. The molecule has 27 heavy (non-hydrogen) atoms. The topological polar surface area (TPSA) is 52.6 Å². The van der Waals surface area contributed by atoms with E-state index in [0.717, 1.165) is 15.6 Å². The number of rotatable bonds is 4. The zero-order valence-corrected chi connectivity index (χ0v) is 16.7. The van der Waals surface area contributed by atoms with Crippen LogP contribution < -0.4 is 4.74 Å². The monoisotopic (exact) mass is 382 g/mol. The minimum atomic E-state index is -0.496. The van der Waals surface area contributed by atoms with Crippen LogP contribution in [0.5, 0.6) is 5.75 Å². The molecule has 3 rings (SSSR count). The fourth-order valence-electron chi connectivity index (χ4n) is 2.71. The molecule has 0 bridgehead atoms. The van der Waals surface area contributed by atoms with Gasteiger partial charge >= 0.3 is 11.9 Å². The Balaban J connectivity index is 1.94. The molecule has 0 unspecified atom stereocenters. The highest BCUT2D eigenvalue weighted by Gasteiger charge is 2.24. The van der Waals surface area contributed by atoms with Gasteiger partial charge in [-0.25, -0.2) is 9.59 Å². The second-order valence-corrected chi connectivity index (χ2v) is 8.25. The standard InChI is InChI=1S/C22H22O4S/c1-5-25-21(24)19-18(16-8-6-7-9-17(16)27-19)26-20(23)14-10-12-15(13-11-14)22(2,3)4/h6-13H,5H2,1-4H3. The molecule has 5 heteroatoms. The van der Waals surface area contributed by atoms with Crippen molar-refractivity contribution >= 4 is 33.4 Å². The summed E-state index contributed by atoms with van der Waals surface area (Å²) in [5.41, 5.74) is 1.57. The van der Waals surface area contributed by atoms with Gasteiger partial charge in [-0.05, 0) is 42.2 Å². The molecule has 1 aromatic heterocycles. The van der Waals surface area contributed by atoms with E-state index < -0.39 is 11.9 Å². The lowest BCUT2D eigenvalue weighted by molar-refractivity contribution is 0.0527. The molecule has 0 fully saturated rings. The fraction of sp³-hybridized carbons (Fsp3) is 0.273. The summed E-state index contributed by atoms with van der Waals surface area (Å²) in [5, 5.41) is 0.727. The molecule has 3 aromatic rings. The molecule has 0 aliphatic rings. The van der Waals surface area contributed by atoms with Crippen molar-refractivity contribution in [1.82, 2.24) is 0 Å². The van der Waals surface area contributed by atoms with E-state index in [9.17, 15) is 9.59 Å². The summed E-state index contributed by atoms with van der Waals surface area (Å²) in [7, 11) is 0. The van der Waals surface area contributed by atoms with Gasteiger partial charge in [-0.15, -0.1) is 11.3 Å². The number of esters is 2. The summed E-state index contributed by atoms with van der Waals surface area (Å²) in [6.07, 6.45) is 0. The number of carbonyl (C=O) groups is 2. The highest BCUT2D eigenvalue weighted by atomic mass is 32.1. The maximum Gasteiger partial charge on any atom is 0.352 e. The molecular weight excluding hydrogens is 360 g/mol. The Morgan fingerprint density at radius 3 is 2.26 bits per heavy atom. The summed E-state index contributed by atoms with van der Waals surface area (Å²) < 4.78 is 11.6. The SMILES string of the molecule is CCOC(=O)c1sc2ccccc2c1OC(=O)c1ccc(C(C)(C)C)cc1. The number of ether oxygens (including phenoxy) is 2. The summed E-state index contributed by atoms with van der Waals surface area (Å²) in [6, 6.07) is 14.8. The molecule has 0 atom stereocenters. The zero-order chi connectivity index (χ0) is 19.6. The fourth-order valence-corrected chi connectivity index (χ4v) is 3.74. The van der Waals surface area contributed by atoms with E-state index in [2.05, 4.69) is 20.8 Å². The van der Waals surface area contributed by atoms with Crippen molar-refractivity contribution in [2.45, 2.75) is 33.1 Å². The van der Waals surface area contributed by atoms with E-state index in [1.165, 1.54) is 11.3 Å². The van der Waals surface area contributed by atoms with Crippen LogP contribution in [-0.4, -0.2) is 18.5 Å². The van der Waals surface area contributed by atoms with Gasteiger partial charge in [-0.3, -0.25) is 0 Å². The maximum atomic E-state index is 12.7. The molecule has 0 aliphatic carbocycles. The van der Waals surface area contributed by atoms with Gasteiger partial charge < -0.3 is 9.47 Å². The van der Waals surface area contributed by atoms with Gasteiger partial charge in [0.1, 0.15) is 0 Å². The summed E-state index contributed by atoms with van der Waals surface area (Å²) >= 11 is 1.26. The molecule has 1 heterocycles. The van der Waals surface area contributed by atoms with Crippen LogP contribution in [0.3, 0.4) is 0 Å². The minimum absolute atomic E-state index is 0.00305. The van der Waals surface area contributed by atoms with E-state index >= 15 is 0 Å². The minimum Gasteiger partial charge on any atom is -0.462 e. The van der Waals surface area contributed by atoms with Gasteiger partial charge in [0.2, 0.25) is 0 Å². The Labute approximate surface area is 162 Å². The first-order valence-corrected chi connectivity index (χ1v) is 9.64. The van der Waals surface area contributed by atoms with Gasteiger partial charge in [-0.1, -0.05) is 45.0 Å². The molecule has 0 radical (unpaired) electrons. The Hall–Kier alpha value is -2.66. The van der Waals surface area contributed by atoms with Crippen LogP contribution in [0, 0.1) is 0 Å². The Kier molecular flexibility index (Phi) is 5.33. The van der Waals surface area contributed by atoms with E-state index in [1.807, 2.05) is 36.4 Å². The second-order valence-electron chi connectivity index (χ2n) is 7.19. The van der Waals surface area contributed by atoms with Crippen molar-refractivity contribution in [2.75, 3.05) is 6.61 Å². The first-order chi connectivity index (χ1) is 12.8. The van der Waals surface area contributed by atoms with Crippen molar-refractivity contribution in [2.24, 2.45) is 0 Å². The third-order valence-corrected chi connectivity index (χ3v) is 5.32. The molecule has 0 saturated carbocycles. The van der Waals surface area contributed by atoms with Crippen LogP contribution in [0.4, 0.5) is 0 Å².